The Hall–Kier alpha value is -1.45. The Morgan fingerprint density at radius 2 is 2.33 bits per heavy atom. The van der Waals surface area contributed by atoms with E-state index in [4.69, 9.17) is 4.74 Å². The Balaban J connectivity index is 1.96. The molecule has 2 atom stereocenters. The number of likely N-dealkylation sites (N-methyl/N-ethyl adjacent to an activating group) is 1. The SMILES string of the molecule is CNC(c1ccc2ncccc2c1)C1CCCO1. The largest absolute Gasteiger partial charge is 0.376 e. The minimum Gasteiger partial charge on any atom is -0.376 e. The molecule has 0 amide bonds. The van der Waals surface area contributed by atoms with E-state index in [9.17, 15) is 0 Å². The minimum atomic E-state index is 0.275. The lowest BCUT2D eigenvalue weighted by atomic mass is 9.98. The van der Waals surface area contributed by atoms with Gasteiger partial charge in [-0.15, -0.1) is 0 Å². The molecular weight excluding hydrogens is 224 g/mol. The molecular formula is C15H18N2O. The van der Waals surface area contributed by atoms with Gasteiger partial charge in [0.15, 0.2) is 0 Å². The number of hydrogen-bond acceptors (Lipinski definition) is 3. The molecule has 2 unspecified atom stereocenters. The van der Waals surface area contributed by atoms with Gasteiger partial charge >= 0.3 is 0 Å². The fourth-order valence-corrected chi connectivity index (χ4v) is 2.72. The van der Waals surface area contributed by atoms with E-state index < -0.39 is 0 Å². The van der Waals surface area contributed by atoms with E-state index in [2.05, 4.69) is 34.6 Å². The van der Waals surface area contributed by atoms with Crippen LogP contribution in [0, 0.1) is 0 Å². The first-order valence-electron chi connectivity index (χ1n) is 6.52. The second-order valence-corrected chi connectivity index (χ2v) is 4.77. The lowest BCUT2D eigenvalue weighted by Gasteiger charge is -2.23. The Morgan fingerprint density at radius 3 is 3.11 bits per heavy atom. The highest BCUT2D eigenvalue weighted by molar-refractivity contribution is 5.79. The fourth-order valence-electron chi connectivity index (χ4n) is 2.72. The van der Waals surface area contributed by atoms with Gasteiger partial charge in [0.1, 0.15) is 0 Å². The Kier molecular flexibility index (Phi) is 3.26. The maximum Gasteiger partial charge on any atom is 0.0770 e. The molecule has 2 heterocycles. The number of fused-ring (bicyclic) bond motifs is 1. The van der Waals surface area contributed by atoms with Crippen LogP contribution in [-0.2, 0) is 4.74 Å². The third-order valence-electron chi connectivity index (χ3n) is 3.63. The molecule has 3 rings (SSSR count). The van der Waals surface area contributed by atoms with Crippen molar-refractivity contribution in [1.29, 1.82) is 0 Å². The van der Waals surface area contributed by atoms with Crippen molar-refractivity contribution in [2.75, 3.05) is 13.7 Å². The highest BCUT2D eigenvalue weighted by Gasteiger charge is 2.26. The summed E-state index contributed by atoms with van der Waals surface area (Å²) in [5.41, 5.74) is 2.33. The molecule has 1 aromatic carbocycles. The topological polar surface area (TPSA) is 34.2 Å². The van der Waals surface area contributed by atoms with Gasteiger partial charge in [-0.1, -0.05) is 12.1 Å². The molecule has 0 aliphatic carbocycles. The van der Waals surface area contributed by atoms with Crippen LogP contribution in [0.3, 0.4) is 0 Å². The van der Waals surface area contributed by atoms with Gasteiger partial charge in [-0.2, -0.15) is 0 Å². The van der Waals surface area contributed by atoms with E-state index in [0.29, 0.717) is 6.10 Å². The van der Waals surface area contributed by atoms with Gasteiger partial charge in [-0.25, -0.2) is 0 Å². The first kappa shape index (κ1) is 11.6. The van der Waals surface area contributed by atoms with Crippen LogP contribution in [0.1, 0.15) is 24.4 Å². The summed E-state index contributed by atoms with van der Waals surface area (Å²) in [4.78, 5) is 4.35. The average molecular weight is 242 g/mol. The number of aromatic nitrogens is 1. The maximum atomic E-state index is 5.79. The summed E-state index contributed by atoms with van der Waals surface area (Å²) < 4.78 is 5.79. The third kappa shape index (κ3) is 2.11. The number of nitrogens with zero attached hydrogens (tertiary/aromatic N) is 1. The highest BCUT2D eigenvalue weighted by Crippen LogP contribution is 2.28. The van der Waals surface area contributed by atoms with Gasteiger partial charge in [-0.05, 0) is 43.7 Å². The Morgan fingerprint density at radius 1 is 1.39 bits per heavy atom. The normalized spacial score (nSPS) is 21.3. The molecule has 0 bridgehead atoms. The Labute approximate surface area is 107 Å². The third-order valence-corrected chi connectivity index (χ3v) is 3.63. The fraction of sp³-hybridized carbons (Fsp3) is 0.400. The molecule has 1 saturated heterocycles. The zero-order valence-corrected chi connectivity index (χ0v) is 10.6. The van der Waals surface area contributed by atoms with Gasteiger partial charge in [0.2, 0.25) is 0 Å². The number of benzene rings is 1. The van der Waals surface area contributed by atoms with Crippen LogP contribution in [0.25, 0.3) is 10.9 Å². The lowest BCUT2D eigenvalue weighted by molar-refractivity contribution is 0.0808. The molecule has 94 valence electrons. The van der Waals surface area contributed by atoms with Crippen molar-refractivity contribution in [3.8, 4) is 0 Å². The van der Waals surface area contributed by atoms with E-state index in [1.807, 2.05) is 19.3 Å². The first-order valence-corrected chi connectivity index (χ1v) is 6.52. The van der Waals surface area contributed by atoms with Crippen LogP contribution in [0.15, 0.2) is 36.5 Å². The second kappa shape index (κ2) is 5.04. The lowest BCUT2D eigenvalue weighted by Crippen LogP contribution is -2.28. The predicted octanol–water partition coefficient (Wildman–Crippen LogP) is 2.67. The van der Waals surface area contributed by atoms with Crippen molar-refractivity contribution in [1.82, 2.24) is 10.3 Å². The zero-order valence-electron chi connectivity index (χ0n) is 10.6. The van der Waals surface area contributed by atoms with E-state index in [1.54, 1.807) is 0 Å². The average Bonchev–Trinajstić information content (AvgIpc) is 2.93. The zero-order chi connectivity index (χ0) is 12.4. The van der Waals surface area contributed by atoms with Crippen LogP contribution in [0.2, 0.25) is 0 Å². The molecule has 3 nitrogen and oxygen atoms in total. The van der Waals surface area contributed by atoms with Crippen LogP contribution in [0.5, 0.6) is 0 Å². The summed E-state index contributed by atoms with van der Waals surface area (Å²) in [5, 5.41) is 4.57. The molecule has 1 aliphatic heterocycles. The smallest absolute Gasteiger partial charge is 0.0770 e. The molecule has 0 radical (unpaired) electrons. The molecule has 2 aromatic rings. The first-order chi connectivity index (χ1) is 8.88. The van der Waals surface area contributed by atoms with Crippen molar-refractivity contribution < 1.29 is 4.74 Å². The number of ether oxygens (including phenoxy) is 1. The highest BCUT2D eigenvalue weighted by atomic mass is 16.5. The number of rotatable bonds is 3. The van der Waals surface area contributed by atoms with Crippen LogP contribution >= 0.6 is 0 Å². The van der Waals surface area contributed by atoms with Crippen LogP contribution < -0.4 is 5.32 Å². The summed E-state index contributed by atoms with van der Waals surface area (Å²) in [7, 11) is 2.00. The number of nitrogens with one attached hydrogen (secondary N) is 1. The number of hydrogen-bond donors (Lipinski definition) is 1. The Bertz CT molecular complexity index is 535. The summed E-state index contributed by atoms with van der Waals surface area (Å²) in [5.74, 6) is 0. The molecule has 0 spiro atoms. The molecule has 0 saturated carbocycles. The summed E-state index contributed by atoms with van der Waals surface area (Å²) >= 11 is 0. The van der Waals surface area contributed by atoms with Crippen LogP contribution in [-0.4, -0.2) is 24.7 Å². The van der Waals surface area contributed by atoms with Gasteiger partial charge in [0.25, 0.3) is 0 Å². The van der Waals surface area contributed by atoms with Gasteiger partial charge < -0.3 is 10.1 Å². The standard InChI is InChI=1S/C15H18N2O/c1-16-15(14-5-3-9-18-14)12-6-7-13-11(10-12)4-2-8-17-13/h2,4,6-8,10,14-16H,3,5,9H2,1H3. The molecule has 1 N–H and O–H groups in total. The van der Waals surface area contributed by atoms with E-state index in [-0.39, 0.29) is 6.04 Å². The van der Waals surface area contributed by atoms with E-state index >= 15 is 0 Å². The van der Waals surface area contributed by atoms with Crippen molar-refractivity contribution in [2.45, 2.75) is 25.0 Å². The van der Waals surface area contributed by atoms with Crippen molar-refractivity contribution in [3.05, 3.63) is 42.1 Å². The summed E-state index contributed by atoms with van der Waals surface area (Å²) in [6, 6.07) is 10.8. The quantitative estimate of drug-likeness (QED) is 0.898. The second-order valence-electron chi connectivity index (χ2n) is 4.77. The molecule has 3 heteroatoms. The monoisotopic (exact) mass is 242 g/mol. The molecule has 1 aliphatic rings. The molecule has 1 fully saturated rings. The van der Waals surface area contributed by atoms with Crippen molar-refractivity contribution >= 4 is 10.9 Å². The van der Waals surface area contributed by atoms with E-state index in [1.165, 1.54) is 10.9 Å². The summed E-state index contributed by atoms with van der Waals surface area (Å²) in [6.07, 6.45) is 4.43. The van der Waals surface area contributed by atoms with Gasteiger partial charge in [0, 0.05) is 18.2 Å². The van der Waals surface area contributed by atoms with Gasteiger partial charge in [0.05, 0.1) is 17.7 Å². The van der Waals surface area contributed by atoms with Crippen molar-refractivity contribution in [3.63, 3.8) is 0 Å². The van der Waals surface area contributed by atoms with Gasteiger partial charge in [-0.3, -0.25) is 4.98 Å². The van der Waals surface area contributed by atoms with Crippen LogP contribution in [0.4, 0.5) is 0 Å². The summed E-state index contributed by atoms with van der Waals surface area (Å²) in [6.45, 7) is 0.887. The molecule has 18 heavy (non-hydrogen) atoms. The van der Waals surface area contributed by atoms with E-state index in [0.717, 1.165) is 25.0 Å². The minimum absolute atomic E-state index is 0.275. The number of pyridine rings is 1. The van der Waals surface area contributed by atoms with Crippen molar-refractivity contribution in [2.24, 2.45) is 0 Å². The maximum absolute atomic E-state index is 5.79. The predicted molar refractivity (Wildman–Crippen MR) is 72.5 cm³/mol. The molecule has 1 aromatic heterocycles.